The van der Waals surface area contributed by atoms with Crippen LogP contribution >= 0.6 is 11.3 Å². The molecule has 1 aromatic carbocycles. The Balaban J connectivity index is 1.89. The minimum absolute atomic E-state index is 0.0807. The maximum Gasteiger partial charge on any atom is 0.251 e. The Kier molecular flexibility index (Phi) is 5.23. The second-order valence-electron chi connectivity index (χ2n) is 6.78. The number of nitrogens with two attached hydrogens (primary N) is 1. The van der Waals surface area contributed by atoms with Gasteiger partial charge in [0.2, 0.25) is 5.91 Å². The minimum Gasteiger partial charge on any atom is -0.365 e. The summed E-state index contributed by atoms with van der Waals surface area (Å²) in [6, 6.07) is 9.73. The van der Waals surface area contributed by atoms with Crippen LogP contribution in [0.4, 0.5) is 5.00 Å². The van der Waals surface area contributed by atoms with Gasteiger partial charge in [0.05, 0.1) is 11.5 Å². The summed E-state index contributed by atoms with van der Waals surface area (Å²) in [6.45, 7) is 4.21. The molecule has 0 aliphatic heterocycles. The number of hydrogen-bond donors (Lipinski definition) is 2. The van der Waals surface area contributed by atoms with Gasteiger partial charge in [0.15, 0.2) is 0 Å². The first-order chi connectivity index (χ1) is 12.0. The molecule has 0 saturated carbocycles. The van der Waals surface area contributed by atoms with Crippen molar-refractivity contribution in [3.8, 4) is 0 Å². The highest BCUT2D eigenvalue weighted by molar-refractivity contribution is 7.17. The number of anilines is 1. The normalized spacial score (nSPS) is 17.6. The quantitative estimate of drug-likeness (QED) is 0.846. The number of thiophene rings is 1. The summed E-state index contributed by atoms with van der Waals surface area (Å²) in [4.78, 5) is 26.0. The summed E-state index contributed by atoms with van der Waals surface area (Å²) >= 11 is 1.51. The van der Waals surface area contributed by atoms with Crippen molar-refractivity contribution in [2.45, 2.75) is 45.4 Å². The molecule has 0 fully saturated rings. The van der Waals surface area contributed by atoms with Gasteiger partial charge in [0, 0.05) is 4.88 Å². The summed E-state index contributed by atoms with van der Waals surface area (Å²) in [6.07, 6.45) is 3.56. The predicted octanol–water partition coefficient (Wildman–Crippen LogP) is 4.10. The zero-order valence-electron chi connectivity index (χ0n) is 14.7. The third-order valence-electron chi connectivity index (χ3n) is 4.92. The van der Waals surface area contributed by atoms with Crippen molar-refractivity contribution in [1.29, 1.82) is 0 Å². The summed E-state index contributed by atoms with van der Waals surface area (Å²) in [5.74, 6) is -0.166. The van der Waals surface area contributed by atoms with E-state index in [2.05, 4.69) is 12.2 Å². The largest absolute Gasteiger partial charge is 0.365 e. The van der Waals surface area contributed by atoms with E-state index in [1.165, 1.54) is 16.2 Å². The first-order valence-corrected chi connectivity index (χ1v) is 9.63. The van der Waals surface area contributed by atoms with Crippen molar-refractivity contribution in [3.63, 3.8) is 0 Å². The Bertz CT molecular complexity index is 782. The molecule has 132 valence electrons. The lowest BCUT2D eigenvalue weighted by atomic mass is 9.88. The van der Waals surface area contributed by atoms with Crippen LogP contribution in [0.15, 0.2) is 30.3 Å². The molecule has 25 heavy (non-hydrogen) atoms. The smallest absolute Gasteiger partial charge is 0.251 e. The Morgan fingerprint density at radius 2 is 2.04 bits per heavy atom. The fraction of sp³-hybridized carbons (Fsp3) is 0.400. The highest BCUT2D eigenvalue weighted by Gasteiger charge is 2.28. The molecule has 0 saturated heterocycles. The van der Waals surface area contributed by atoms with Crippen LogP contribution in [0.2, 0.25) is 0 Å². The molecule has 0 spiro atoms. The van der Waals surface area contributed by atoms with Crippen LogP contribution in [0.25, 0.3) is 0 Å². The highest BCUT2D eigenvalue weighted by atomic mass is 32.1. The molecule has 4 nitrogen and oxygen atoms in total. The molecule has 0 radical (unpaired) electrons. The topological polar surface area (TPSA) is 72.2 Å². The second kappa shape index (κ2) is 7.40. The van der Waals surface area contributed by atoms with Crippen molar-refractivity contribution in [1.82, 2.24) is 0 Å². The molecule has 2 aromatic rings. The number of rotatable bonds is 5. The first kappa shape index (κ1) is 17.7. The van der Waals surface area contributed by atoms with Gasteiger partial charge < -0.3 is 11.1 Å². The number of primary amides is 1. The number of nitrogens with one attached hydrogen (secondary N) is 1. The third-order valence-corrected chi connectivity index (χ3v) is 6.09. The molecule has 3 N–H and O–H groups in total. The number of carbonyl (C=O) groups excluding carboxylic acids is 2. The lowest BCUT2D eigenvalue weighted by Crippen LogP contribution is -2.23. The Morgan fingerprint density at radius 3 is 2.68 bits per heavy atom. The second-order valence-corrected chi connectivity index (χ2v) is 7.89. The Hall–Kier alpha value is -2.14. The lowest BCUT2D eigenvalue weighted by molar-refractivity contribution is -0.117. The van der Waals surface area contributed by atoms with Crippen LogP contribution in [-0.4, -0.2) is 11.8 Å². The van der Waals surface area contributed by atoms with E-state index < -0.39 is 5.91 Å². The van der Waals surface area contributed by atoms with Crippen molar-refractivity contribution in [2.24, 2.45) is 11.7 Å². The summed E-state index contributed by atoms with van der Waals surface area (Å²) in [5, 5.41) is 3.61. The van der Waals surface area contributed by atoms with E-state index in [-0.39, 0.29) is 11.8 Å². The van der Waals surface area contributed by atoms with Crippen LogP contribution in [0.5, 0.6) is 0 Å². The number of hydrogen-bond acceptors (Lipinski definition) is 3. The van der Waals surface area contributed by atoms with Gasteiger partial charge >= 0.3 is 0 Å². The summed E-state index contributed by atoms with van der Waals surface area (Å²) in [5.41, 5.74) is 8.17. The highest BCUT2D eigenvalue weighted by Crippen LogP contribution is 2.40. The van der Waals surface area contributed by atoms with E-state index in [9.17, 15) is 9.59 Å². The van der Waals surface area contributed by atoms with Crippen LogP contribution < -0.4 is 11.1 Å². The monoisotopic (exact) mass is 356 g/mol. The van der Waals surface area contributed by atoms with Crippen LogP contribution in [0.3, 0.4) is 0 Å². The van der Waals surface area contributed by atoms with Crippen LogP contribution in [-0.2, 0) is 17.6 Å². The molecule has 1 aromatic heterocycles. The average molecular weight is 356 g/mol. The standard InChI is InChI=1S/C20H24N2O2S/c1-3-14(13-7-5-4-6-8-13)19(24)22-20-17(18(21)23)15-10-9-12(2)11-16(15)25-20/h4-8,12,14H,3,9-11H2,1-2H3,(H2,21,23)(H,22,24)/t12-,14-/m0/s1. The van der Waals surface area contributed by atoms with Crippen molar-refractivity contribution >= 4 is 28.2 Å². The number of fused-ring (bicyclic) bond motifs is 1. The van der Waals surface area contributed by atoms with Gasteiger partial charge in [-0.05, 0) is 42.7 Å². The van der Waals surface area contributed by atoms with Gasteiger partial charge in [-0.2, -0.15) is 0 Å². The maximum absolute atomic E-state index is 12.8. The SMILES string of the molecule is CC[C@H](C(=O)Nc1sc2c(c1C(N)=O)CC[C@H](C)C2)c1ccccc1. The van der Waals surface area contributed by atoms with E-state index in [1.54, 1.807) is 0 Å². The fourth-order valence-electron chi connectivity index (χ4n) is 3.56. The van der Waals surface area contributed by atoms with E-state index in [0.29, 0.717) is 22.9 Å². The first-order valence-electron chi connectivity index (χ1n) is 8.81. The summed E-state index contributed by atoms with van der Waals surface area (Å²) < 4.78 is 0. The van der Waals surface area contributed by atoms with Gasteiger partial charge in [-0.3, -0.25) is 9.59 Å². The lowest BCUT2D eigenvalue weighted by Gasteiger charge is -2.18. The van der Waals surface area contributed by atoms with Crippen molar-refractivity contribution < 1.29 is 9.59 Å². The zero-order chi connectivity index (χ0) is 18.0. The van der Waals surface area contributed by atoms with Gasteiger partial charge in [-0.25, -0.2) is 0 Å². The van der Waals surface area contributed by atoms with E-state index in [1.807, 2.05) is 37.3 Å². The van der Waals surface area contributed by atoms with E-state index in [4.69, 9.17) is 5.73 Å². The third kappa shape index (κ3) is 3.61. The minimum atomic E-state index is -0.449. The average Bonchev–Trinajstić information content (AvgIpc) is 2.93. The van der Waals surface area contributed by atoms with Crippen LogP contribution in [0.1, 0.15) is 59.0 Å². The predicted molar refractivity (Wildman–Crippen MR) is 102 cm³/mol. The molecule has 0 unspecified atom stereocenters. The number of amides is 2. The molecule has 1 aliphatic rings. The zero-order valence-corrected chi connectivity index (χ0v) is 15.5. The van der Waals surface area contributed by atoms with Gasteiger partial charge in [-0.1, -0.05) is 44.2 Å². The Morgan fingerprint density at radius 1 is 1.32 bits per heavy atom. The molecular weight excluding hydrogens is 332 g/mol. The van der Waals surface area contributed by atoms with Gasteiger partial charge in [0.25, 0.3) is 5.91 Å². The van der Waals surface area contributed by atoms with Crippen LogP contribution in [0, 0.1) is 5.92 Å². The summed E-state index contributed by atoms with van der Waals surface area (Å²) in [7, 11) is 0. The molecule has 2 amide bonds. The molecule has 1 heterocycles. The molecule has 3 rings (SSSR count). The van der Waals surface area contributed by atoms with E-state index >= 15 is 0 Å². The molecule has 0 bridgehead atoms. The molecule has 5 heteroatoms. The van der Waals surface area contributed by atoms with Gasteiger partial charge in [-0.15, -0.1) is 11.3 Å². The maximum atomic E-state index is 12.8. The number of benzene rings is 1. The molecule has 1 aliphatic carbocycles. The number of carbonyl (C=O) groups is 2. The fourth-order valence-corrected chi connectivity index (χ4v) is 4.98. The van der Waals surface area contributed by atoms with Crippen molar-refractivity contribution in [2.75, 3.05) is 5.32 Å². The molecule has 2 atom stereocenters. The van der Waals surface area contributed by atoms with Crippen molar-refractivity contribution in [3.05, 3.63) is 51.9 Å². The van der Waals surface area contributed by atoms with Gasteiger partial charge in [0.1, 0.15) is 5.00 Å². The Labute approximate surface area is 152 Å². The molecular formula is C20H24N2O2S. The van der Waals surface area contributed by atoms with E-state index in [0.717, 1.165) is 30.4 Å².